The Hall–Kier alpha value is -3.08. The normalized spacial score (nSPS) is 27.5. The Morgan fingerprint density at radius 1 is 1.03 bits per heavy atom. The molecule has 2 aromatic carbocycles. The minimum absolute atomic E-state index is 0.0259. The van der Waals surface area contributed by atoms with Gasteiger partial charge in [-0.1, -0.05) is 24.3 Å². The molecular formula is C28H31N3O2. The molecule has 170 valence electrons. The Kier molecular flexibility index (Phi) is 4.82. The molecule has 4 aliphatic rings. The van der Waals surface area contributed by atoms with E-state index in [0.29, 0.717) is 17.0 Å². The zero-order valence-electron chi connectivity index (χ0n) is 19.4. The molecule has 0 atom stereocenters. The van der Waals surface area contributed by atoms with Crippen LogP contribution in [0.5, 0.6) is 5.75 Å². The molecule has 4 fully saturated rings. The number of amides is 1. The van der Waals surface area contributed by atoms with Gasteiger partial charge in [0.25, 0.3) is 5.91 Å². The van der Waals surface area contributed by atoms with Crippen molar-refractivity contribution < 1.29 is 9.53 Å². The van der Waals surface area contributed by atoms with Crippen LogP contribution < -0.4 is 10.1 Å². The van der Waals surface area contributed by atoms with Crippen LogP contribution in [0.4, 0.5) is 5.69 Å². The lowest BCUT2D eigenvalue weighted by atomic mass is 9.48. The van der Waals surface area contributed by atoms with Gasteiger partial charge in [-0.2, -0.15) is 5.10 Å². The predicted octanol–water partition coefficient (Wildman–Crippen LogP) is 5.91. The van der Waals surface area contributed by atoms with E-state index >= 15 is 0 Å². The molecule has 1 aromatic heterocycles. The van der Waals surface area contributed by atoms with Gasteiger partial charge in [-0.25, -0.2) is 4.68 Å². The fourth-order valence-electron chi connectivity index (χ4n) is 7.15. The number of rotatable bonds is 5. The summed E-state index contributed by atoms with van der Waals surface area (Å²) in [6.07, 6.45) is 9.51. The van der Waals surface area contributed by atoms with E-state index in [4.69, 9.17) is 9.84 Å². The number of para-hydroxylation sites is 1. The number of hydrogen-bond acceptors (Lipinski definition) is 3. The smallest absolute Gasteiger partial charge is 0.259 e. The number of benzene rings is 2. The number of methoxy groups -OCH3 is 1. The third kappa shape index (κ3) is 3.54. The van der Waals surface area contributed by atoms with Gasteiger partial charge in [0, 0.05) is 11.6 Å². The molecule has 33 heavy (non-hydrogen) atoms. The first-order valence-corrected chi connectivity index (χ1v) is 12.1. The number of nitrogens with zero attached hydrogens (tertiary/aromatic N) is 2. The second-order valence-electron chi connectivity index (χ2n) is 10.5. The Morgan fingerprint density at radius 3 is 2.33 bits per heavy atom. The zero-order valence-corrected chi connectivity index (χ0v) is 19.4. The summed E-state index contributed by atoms with van der Waals surface area (Å²) in [6, 6.07) is 16.0. The summed E-state index contributed by atoms with van der Waals surface area (Å²) in [6.45, 7) is 2.02. The highest BCUT2D eigenvalue weighted by atomic mass is 16.5. The maximum absolute atomic E-state index is 13.7. The van der Waals surface area contributed by atoms with Crippen molar-refractivity contribution in [2.75, 3.05) is 12.4 Å². The Morgan fingerprint density at radius 2 is 1.70 bits per heavy atom. The second-order valence-corrected chi connectivity index (χ2v) is 10.5. The first kappa shape index (κ1) is 20.5. The molecule has 0 radical (unpaired) electrons. The molecule has 4 saturated carbocycles. The van der Waals surface area contributed by atoms with Crippen LogP contribution >= 0.6 is 0 Å². The highest BCUT2D eigenvalue weighted by Crippen LogP contribution is 2.61. The van der Waals surface area contributed by atoms with Crippen molar-refractivity contribution in [3.63, 3.8) is 0 Å². The van der Waals surface area contributed by atoms with Crippen molar-refractivity contribution in [1.29, 1.82) is 0 Å². The number of aryl methyl sites for hydroxylation is 1. The molecule has 1 amide bonds. The number of hydrogen-bond donors (Lipinski definition) is 1. The highest BCUT2D eigenvalue weighted by molar-refractivity contribution is 6.06. The molecule has 4 aliphatic carbocycles. The molecule has 1 heterocycles. The van der Waals surface area contributed by atoms with Gasteiger partial charge < -0.3 is 10.1 Å². The molecule has 0 spiro atoms. The highest BCUT2D eigenvalue weighted by Gasteiger charge is 2.53. The molecule has 5 nitrogen and oxygen atoms in total. The van der Waals surface area contributed by atoms with Crippen LogP contribution in [0.1, 0.15) is 60.1 Å². The first-order valence-electron chi connectivity index (χ1n) is 12.1. The second kappa shape index (κ2) is 7.75. The molecule has 0 unspecified atom stereocenters. The minimum atomic E-state index is -0.105. The number of ether oxygens (including phenoxy) is 1. The summed E-state index contributed by atoms with van der Waals surface area (Å²) in [5, 5.41) is 8.26. The SMILES string of the molecule is COc1ccc(C)cc1NC(=O)c1cn(-c2ccccc2)nc1C12CC3CC(CC(C3)C1)C2. The number of nitrogens with one attached hydrogen (secondary N) is 1. The van der Waals surface area contributed by atoms with E-state index in [9.17, 15) is 4.79 Å². The van der Waals surface area contributed by atoms with E-state index in [0.717, 1.165) is 34.7 Å². The van der Waals surface area contributed by atoms with Gasteiger partial charge in [0.1, 0.15) is 5.75 Å². The van der Waals surface area contributed by atoms with Crippen molar-refractivity contribution in [2.45, 2.75) is 50.9 Å². The van der Waals surface area contributed by atoms with Crippen LogP contribution in [0.25, 0.3) is 5.69 Å². The minimum Gasteiger partial charge on any atom is -0.495 e. The summed E-state index contributed by atoms with van der Waals surface area (Å²) in [7, 11) is 1.63. The Bertz CT molecular complexity index is 1160. The van der Waals surface area contributed by atoms with Crippen LogP contribution in [0, 0.1) is 24.7 Å². The molecule has 3 aromatic rings. The van der Waals surface area contributed by atoms with Gasteiger partial charge in [-0.15, -0.1) is 0 Å². The average molecular weight is 442 g/mol. The predicted molar refractivity (Wildman–Crippen MR) is 129 cm³/mol. The van der Waals surface area contributed by atoms with Gasteiger partial charge in [0.05, 0.1) is 29.7 Å². The third-order valence-corrected chi connectivity index (χ3v) is 8.12. The fourth-order valence-corrected chi connectivity index (χ4v) is 7.15. The monoisotopic (exact) mass is 441 g/mol. The molecule has 0 saturated heterocycles. The Balaban J connectivity index is 1.43. The maximum Gasteiger partial charge on any atom is 0.259 e. The molecular weight excluding hydrogens is 410 g/mol. The van der Waals surface area contributed by atoms with Crippen molar-refractivity contribution in [2.24, 2.45) is 17.8 Å². The summed E-state index contributed by atoms with van der Waals surface area (Å²) in [5.41, 5.74) is 4.48. The largest absolute Gasteiger partial charge is 0.495 e. The molecule has 1 N–H and O–H groups in total. The average Bonchev–Trinajstić information content (AvgIpc) is 3.26. The van der Waals surface area contributed by atoms with Crippen molar-refractivity contribution in [3.05, 3.63) is 71.5 Å². The maximum atomic E-state index is 13.7. The Labute approximate surface area is 195 Å². The lowest BCUT2D eigenvalue weighted by Gasteiger charge is -2.56. The van der Waals surface area contributed by atoms with Crippen molar-refractivity contribution >= 4 is 11.6 Å². The number of anilines is 1. The first-order chi connectivity index (χ1) is 16.0. The zero-order chi connectivity index (χ0) is 22.6. The van der Waals surface area contributed by atoms with Gasteiger partial charge in [-0.3, -0.25) is 4.79 Å². The van der Waals surface area contributed by atoms with Crippen molar-refractivity contribution in [1.82, 2.24) is 9.78 Å². The van der Waals surface area contributed by atoms with Crippen LogP contribution in [0.15, 0.2) is 54.7 Å². The standard InChI is InChI=1S/C28H31N3O2/c1-18-8-9-25(33-2)24(10-18)29-27(32)23-17-31(22-6-4-3-5-7-22)30-26(23)28-14-19-11-20(15-28)13-21(12-19)16-28/h3-10,17,19-21H,11-16H2,1-2H3,(H,29,32). The summed E-state index contributed by atoms with van der Waals surface area (Å²) in [4.78, 5) is 13.7. The van der Waals surface area contributed by atoms with E-state index in [2.05, 4.69) is 5.32 Å². The lowest BCUT2D eigenvalue weighted by Crippen LogP contribution is -2.49. The topological polar surface area (TPSA) is 56.1 Å². The van der Waals surface area contributed by atoms with Gasteiger partial charge in [0.2, 0.25) is 0 Å². The van der Waals surface area contributed by atoms with Gasteiger partial charge >= 0.3 is 0 Å². The van der Waals surface area contributed by atoms with E-state index in [-0.39, 0.29) is 11.3 Å². The summed E-state index contributed by atoms with van der Waals surface area (Å²) < 4.78 is 7.41. The number of carbonyl (C=O) groups excluding carboxylic acids is 1. The van der Waals surface area contributed by atoms with E-state index < -0.39 is 0 Å². The van der Waals surface area contributed by atoms with Crippen LogP contribution in [-0.4, -0.2) is 22.8 Å². The van der Waals surface area contributed by atoms with Crippen LogP contribution in [0.2, 0.25) is 0 Å². The van der Waals surface area contributed by atoms with Crippen LogP contribution in [0.3, 0.4) is 0 Å². The van der Waals surface area contributed by atoms with Gasteiger partial charge in [0.15, 0.2) is 0 Å². The number of aromatic nitrogens is 2. The molecule has 4 bridgehead atoms. The van der Waals surface area contributed by atoms with Gasteiger partial charge in [-0.05, 0) is 93.0 Å². The van der Waals surface area contributed by atoms with Crippen molar-refractivity contribution in [3.8, 4) is 11.4 Å². The lowest BCUT2D eigenvalue weighted by molar-refractivity contribution is -0.00765. The van der Waals surface area contributed by atoms with E-state index in [1.807, 2.05) is 66.3 Å². The quantitative estimate of drug-likeness (QED) is 0.535. The molecule has 5 heteroatoms. The summed E-state index contributed by atoms with van der Waals surface area (Å²) >= 11 is 0. The fraction of sp³-hybridized carbons (Fsp3) is 0.429. The summed E-state index contributed by atoms with van der Waals surface area (Å²) in [5.74, 6) is 2.91. The third-order valence-electron chi connectivity index (χ3n) is 8.12. The van der Waals surface area contributed by atoms with E-state index in [1.54, 1.807) is 7.11 Å². The molecule has 7 rings (SSSR count). The molecule has 0 aliphatic heterocycles. The van der Waals surface area contributed by atoms with Crippen LogP contribution in [-0.2, 0) is 5.41 Å². The van der Waals surface area contributed by atoms with E-state index in [1.165, 1.54) is 38.5 Å². The number of carbonyl (C=O) groups is 1.